The molecule has 8 heteroatoms. The van der Waals surface area contributed by atoms with Gasteiger partial charge in [-0.3, -0.25) is 4.79 Å². The summed E-state index contributed by atoms with van der Waals surface area (Å²) in [7, 11) is 0. The van der Waals surface area contributed by atoms with Crippen LogP contribution in [0.3, 0.4) is 0 Å². The first kappa shape index (κ1) is 23.9. The van der Waals surface area contributed by atoms with E-state index in [0.29, 0.717) is 31.4 Å². The first-order valence-electron chi connectivity index (χ1n) is 10.7. The minimum Gasteiger partial charge on any atom is -0.362 e. The third kappa shape index (κ3) is 4.70. The molecule has 2 heterocycles. The normalized spacial score (nSPS) is 19.7. The number of carbonyl (C=O) groups is 1. The second-order valence-electron chi connectivity index (χ2n) is 8.58. The lowest BCUT2D eigenvalue weighted by Crippen LogP contribution is -2.45. The largest absolute Gasteiger partial charge is 0.362 e. The van der Waals surface area contributed by atoms with E-state index in [4.69, 9.17) is 23.2 Å². The number of rotatable bonds is 4. The Kier molecular flexibility index (Phi) is 6.63. The van der Waals surface area contributed by atoms with E-state index in [1.165, 1.54) is 0 Å². The van der Waals surface area contributed by atoms with E-state index in [-0.39, 0.29) is 17.3 Å². The number of amides is 1. The van der Waals surface area contributed by atoms with Gasteiger partial charge < -0.3 is 10.2 Å². The highest BCUT2D eigenvalue weighted by molar-refractivity contribution is 8.18. The molecular formula is C25H24Cl2FN3OS. The van der Waals surface area contributed by atoms with E-state index < -0.39 is 0 Å². The van der Waals surface area contributed by atoms with Crippen molar-refractivity contribution in [2.24, 2.45) is 4.99 Å². The molecule has 0 aliphatic carbocycles. The van der Waals surface area contributed by atoms with E-state index in [1.807, 2.05) is 13.0 Å². The van der Waals surface area contributed by atoms with Gasteiger partial charge in [-0.1, -0.05) is 42.3 Å². The second kappa shape index (κ2) is 9.16. The zero-order valence-corrected chi connectivity index (χ0v) is 21.1. The van der Waals surface area contributed by atoms with Crippen molar-refractivity contribution in [3.8, 4) is 0 Å². The fourth-order valence-electron chi connectivity index (χ4n) is 4.17. The molecule has 2 aliphatic rings. The van der Waals surface area contributed by atoms with E-state index >= 15 is 4.39 Å². The molecule has 0 aromatic heterocycles. The van der Waals surface area contributed by atoms with Crippen LogP contribution in [0, 0.1) is 5.82 Å². The number of fused-ring (bicyclic) bond motifs is 1. The van der Waals surface area contributed by atoms with Gasteiger partial charge in [-0.2, -0.15) is 0 Å². The van der Waals surface area contributed by atoms with Gasteiger partial charge in [0.1, 0.15) is 5.82 Å². The molecule has 1 saturated heterocycles. The van der Waals surface area contributed by atoms with Gasteiger partial charge in [-0.25, -0.2) is 9.38 Å². The second-order valence-corrected chi connectivity index (χ2v) is 10.4. The first-order valence-corrected chi connectivity index (χ1v) is 12.2. The van der Waals surface area contributed by atoms with Crippen molar-refractivity contribution in [3.63, 3.8) is 0 Å². The van der Waals surface area contributed by atoms with Crippen molar-refractivity contribution in [2.45, 2.75) is 39.7 Å². The molecule has 1 N–H and O–H groups in total. The summed E-state index contributed by atoms with van der Waals surface area (Å²) < 4.78 is 15.2. The Morgan fingerprint density at radius 3 is 2.76 bits per heavy atom. The Hall–Kier alpha value is -2.28. The lowest BCUT2D eigenvalue weighted by atomic mass is 9.87. The molecule has 0 spiro atoms. The third-order valence-electron chi connectivity index (χ3n) is 5.63. The summed E-state index contributed by atoms with van der Waals surface area (Å²) in [6, 6.07) is 8.49. The van der Waals surface area contributed by atoms with Gasteiger partial charge in [0.15, 0.2) is 5.17 Å². The predicted octanol–water partition coefficient (Wildman–Crippen LogP) is 7.44. The SMILES string of the molecule is CCCN1c2cc(F)c(/C=C3/SC(=Nc4cccc(Cl)c4Cl)NC3=O)cc2C(C)=CC1(C)C. The highest BCUT2D eigenvalue weighted by atomic mass is 35.5. The summed E-state index contributed by atoms with van der Waals surface area (Å²) in [5.41, 5.74) is 3.54. The minimum atomic E-state index is -0.371. The summed E-state index contributed by atoms with van der Waals surface area (Å²) >= 11 is 13.4. The van der Waals surface area contributed by atoms with Crippen LogP contribution in [0.25, 0.3) is 11.6 Å². The maximum atomic E-state index is 15.2. The van der Waals surface area contributed by atoms with Crippen molar-refractivity contribution in [3.05, 3.63) is 68.3 Å². The van der Waals surface area contributed by atoms with Gasteiger partial charge in [0.05, 0.1) is 26.2 Å². The number of amidine groups is 1. The van der Waals surface area contributed by atoms with Crippen molar-refractivity contribution < 1.29 is 9.18 Å². The van der Waals surface area contributed by atoms with E-state index in [2.05, 4.69) is 42.1 Å². The number of allylic oxidation sites excluding steroid dienone is 1. The van der Waals surface area contributed by atoms with Crippen LogP contribution >= 0.6 is 35.0 Å². The molecule has 4 rings (SSSR count). The number of nitrogens with zero attached hydrogens (tertiary/aromatic N) is 2. The maximum Gasteiger partial charge on any atom is 0.264 e. The summed E-state index contributed by atoms with van der Waals surface area (Å²) in [4.78, 5) is 19.5. The predicted molar refractivity (Wildman–Crippen MR) is 139 cm³/mol. The van der Waals surface area contributed by atoms with Gasteiger partial charge in [-0.05, 0) is 74.9 Å². The zero-order chi connectivity index (χ0) is 23.9. The summed E-state index contributed by atoms with van der Waals surface area (Å²) in [6.07, 6.45) is 4.73. The number of nitrogens with one attached hydrogen (secondary N) is 1. The first-order chi connectivity index (χ1) is 15.6. The lowest BCUT2D eigenvalue weighted by molar-refractivity contribution is -0.115. The summed E-state index contributed by atoms with van der Waals surface area (Å²) in [5, 5.41) is 3.75. The summed E-state index contributed by atoms with van der Waals surface area (Å²) in [6.45, 7) is 9.25. The molecule has 2 aromatic rings. The van der Waals surface area contributed by atoms with E-state index in [1.54, 1.807) is 30.3 Å². The molecule has 0 radical (unpaired) electrons. The van der Waals surface area contributed by atoms with Gasteiger partial charge in [0.25, 0.3) is 5.91 Å². The van der Waals surface area contributed by atoms with Crippen molar-refractivity contribution in [2.75, 3.05) is 11.4 Å². The fourth-order valence-corrected chi connectivity index (χ4v) is 5.33. The van der Waals surface area contributed by atoms with Gasteiger partial charge in [0, 0.05) is 23.4 Å². The van der Waals surface area contributed by atoms with E-state index in [9.17, 15) is 4.79 Å². The number of anilines is 1. The van der Waals surface area contributed by atoms with Crippen LogP contribution < -0.4 is 10.2 Å². The Labute approximate surface area is 207 Å². The van der Waals surface area contributed by atoms with Crippen molar-refractivity contribution in [1.82, 2.24) is 5.32 Å². The molecule has 33 heavy (non-hydrogen) atoms. The minimum absolute atomic E-state index is 0.201. The molecule has 0 bridgehead atoms. The molecule has 4 nitrogen and oxygen atoms in total. The standard InChI is InChI=1S/C25H24Cl2FN3OS/c1-5-9-31-20-12-18(28)15(10-16(20)14(2)13-25(31,3)4)11-21-23(32)30-24(33-21)29-19-8-6-7-17(26)22(19)27/h6-8,10-13H,5,9H2,1-4H3,(H,29,30,32)/b21-11+. The number of hydrogen-bond acceptors (Lipinski definition) is 4. The Bertz CT molecular complexity index is 1240. The lowest BCUT2D eigenvalue weighted by Gasteiger charge is -2.43. The van der Waals surface area contributed by atoms with Gasteiger partial charge in [-0.15, -0.1) is 0 Å². The Balaban J connectivity index is 1.69. The Morgan fingerprint density at radius 1 is 1.27 bits per heavy atom. The van der Waals surface area contributed by atoms with Crippen molar-refractivity contribution in [1.29, 1.82) is 0 Å². The molecule has 172 valence electrons. The number of thioether (sulfide) groups is 1. The quantitative estimate of drug-likeness (QED) is 0.441. The van der Waals surface area contributed by atoms with E-state index in [0.717, 1.165) is 41.6 Å². The summed E-state index contributed by atoms with van der Waals surface area (Å²) in [5.74, 6) is -0.709. The molecule has 0 atom stereocenters. The average molecular weight is 504 g/mol. The number of aliphatic imine (C=N–C) groups is 1. The highest BCUT2D eigenvalue weighted by Gasteiger charge is 2.32. The molecule has 0 unspecified atom stereocenters. The van der Waals surface area contributed by atoms with Crippen LogP contribution in [0.2, 0.25) is 10.0 Å². The van der Waals surface area contributed by atoms with Crippen LogP contribution in [0.5, 0.6) is 0 Å². The number of halogens is 3. The highest BCUT2D eigenvalue weighted by Crippen LogP contribution is 2.41. The number of carbonyl (C=O) groups excluding carboxylic acids is 1. The third-order valence-corrected chi connectivity index (χ3v) is 7.35. The molecule has 2 aliphatic heterocycles. The van der Waals surface area contributed by atoms with Crippen LogP contribution in [-0.4, -0.2) is 23.2 Å². The number of hydrogen-bond donors (Lipinski definition) is 1. The fraction of sp³-hybridized carbons (Fsp3) is 0.280. The number of benzene rings is 2. The van der Waals surface area contributed by atoms with Crippen molar-refractivity contribution >= 4 is 69.1 Å². The topological polar surface area (TPSA) is 44.7 Å². The molecule has 1 fully saturated rings. The van der Waals surface area contributed by atoms with Crippen LogP contribution in [-0.2, 0) is 4.79 Å². The molecule has 2 aromatic carbocycles. The molecule has 1 amide bonds. The zero-order valence-electron chi connectivity index (χ0n) is 18.8. The smallest absolute Gasteiger partial charge is 0.264 e. The molecule has 0 saturated carbocycles. The monoisotopic (exact) mass is 503 g/mol. The van der Waals surface area contributed by atoms with Crippen LogP contribution in [0.1, 0.15) is 45.2 Å². The maximum absolute atomic E-state index is 15.2. The molecular weight excluding hydrogens is 480 g/mol. The van der Waals surface area contributed by atoms with Crippen LogP contribution in [0.15, 0.2) is 46.3 Å². The average Bonchev–Trinajstić information content (AvgIpc) is 3.08. The Morgan fingerprint density at radius 2 is 2.03 bits per heavy atom. The van der Waals surface area contributed by atoms with Gasteiger partial charge in [0.2, 0.25) is 0 Å². The van der Waals surface area contributed by atoms with Gasteiger partial charge >= 0.3 is 0 Å². The van der Waals surface area contributed by atoms with Crippen LogP contribution in [0.4, 0.5) is 15.8 Å².